The van der Waals surface area contributed by atoms with E-state index in [2.05, 4.69) is 10.4 Å². The average molecular weight is 404 g/mol. The zero-order valence-corrected chi connectivity index (χ0v) is 15.5. The van der Waals surface area contributed by atoms with Crippen molar-refractivity contribution in [3.63, 3.8) is 0 Å². The van der Waals surface area contributed by atoms with Crippen molar-refractivity contribution in [1.29, 1.82) is 0 Å². The summed E-state index contributed by atoms with van der Waals surface area (Å²) < 4.78 is 28.1. The number of thiophene rings is 1. The van der Waals surface area contributed by atoms with Crippen LogP contribution in [0.2, 0.25) is 5.02 Å². The van der Waals surface area contributed by atoms with Gasteiger partial charge in [0.1, 0.15) is 16.5 Å². The summed E-state index contributed by atoms with van der Waals surface area (Å²) in [5, 5.41) is 7.95. The van der Waals surface area contributed by atoms with Crippen LogP contribution in [0.5, 0.6) is 0 Å². The number of hydrogen-bond donors (Lipinski definition) is 1. The standard InChI is InChI=1S/C19H12ClF2N3OS/c1-10-14-9-17(18(26)23-12-4-7-16(22)15(20)8-12)27-19(14)25(24-10)13-5-2-11(21)3-6-13/h2-9H,1H3,(H,23,26). The van der Waals surface area contributed by atoms with Gasteiger partial charge in [-0.3, -0.25) is 4.79 Å². The van der Waals surface area contributed by atoms with Crippen molar-refractivity contribution in [2.45, 2.75) is 6.92 Å². The van der Waals surface area contributed by atoms with E-state index in [1.54, 1.807) is 22.9 Å². The zero-order valence-electron chi connectivity index (χ0n) is 14.0. The second kappa shape index (κ2) is 6.75. The highest BCUT2D eigenvalue weighted by Crippen LogP contribution is 2.31. The number of aromatic nitrogens is 2. The smallest absolute Gasteiger partial charge is 0.265 e. The minimum Gasteiger partial charge on any atom is -0.321 e. The number of fused-ring (bicyclic) bond motifs is 1. The molecule has 4 nitrogen and oxygen atoms in total. The number of nitrogens with one attached hydrogen (secondary N) is 1. The highest BCUT2D eigenvalue weighted by Gasteiger charge is 2.17. The van der Waals surface area contributed by atoms with Crippen molar-refractivity contribution in [2.75, 3.05) is 5.32 Å². The largest absolute Gasteiger partial charge is 0.321 e. The topological polar surface area (TPSA) is 46.9 Å². The Bertz CT molecular complexity index is 1170. The number of carbonyl (C=O) groups is 1. The van der Waals surface area contributed by atoms with Crippen LogP contribution in [-0.4, -0.2) is 15.7 Å². The molecule has 136 valence electrons. The molecular weight excluding hydrogens is 392 g/mol. The lowest BCUT2D eigenvalue weighted by Crippen LogP contribution is -2.10. The number of carbonyl (C=O) groups excluding carboxylic acids is 1. The Hall–Kier alpha value is -2.77. The molecule has 4 rings (SSSR count). The van der Waals surface area contributed by atoms with Gasteiger partial charge in [-0.05, 0) is 55.5 Å². The predicted molar refractivity (Wildman–Crippen MR) is 103 cm³/mol. The molecular formula is C19H12ClF2N3OS. The first-order valence-corrected chi connectivity index (χ1v) is 9.13. The number of amides is 1. The Kier molecular flexibility index (Phi) is 4.41. The van der Waals surface area contributed by atoms with Crippen LogP contribution in [0, 0.1) is 18.6 Å². The van der Waals surface area contributed by atoms with Gasteiger partial charge in [0.15, 0.2) is 0 Å². The molecule has 27 heavy (non-hydrogen) atoms. The van der Waals surface area contributed by atoms with Crippen LogP contribution in [0.1, 0.15) is 15.4 Å². The molecule has 0 aliphatic rings. The second-order valence-corrected chi connectivity index (χ2v) is 7.32. The SMILES string of the molecule is Cc1nn(-c2ccc(F)cc2)c2sc(C(=O)Nc3ccc(F)c(Cl)c3)cc12. The summed E-state index contributed by atoms with van der Waals surface area (Å²) in [7, 11) is 0. The van der Waals surface area contributed by atoms with E-state index in [1.165, 1.54) is 41.7 Å². The molecule has 0 atom stereocenters. The van der Waals surface area contributed by atoms with E-state index < -0.39 is 5.82 Å². The number of halogens is 3. The maximum Gasteiger partial charge on any atom is 0.265 e. The lowest BCUT2D eigenvalue weighted by atomic mass is 10.2. The molecule has 0 spiro atoms. The number of aryl methyl sites for hydroxylation is 1. The molecule has 0 saturated carbocycles. The van der Waals surface area contributed by atoms with Gasteiger partial charge in [-0.1, -0.05) is 11.6 Å². The van der Waals surface area contributed by atoms with Crippen molar-refractivity contribution in [1.82, 2.24) is 9.78 Å². The van der Waals surface area contributed by atoms with Gasteiger partial charge in [0.05, 0.1) is 21.3 Å². The van der Waals surface area contributed by atoms with Gasteiger partial charge in [0.2, 0.25) is 0 Å². The number of anilines is 1. The Morgan fingerprint density at radius 2 is 1.89 bits per heavy atom. The first kappa shape index (κ1) is 17.6. The molecule has 1 N–H and O–H groups in total. The fourth-order valence-electron chi connectivity index (χ4n) is 2.68. The molecule has 0 radical (unpaired) electrons. The van der Waals surface area contributed by atoms with Crippen LogP contribution in [0.25, 0.3) is 15.9 Å². The quantitative estimate of drug-likeness (QED) is 0.485. The predicted octanol–water partition coefficient (Wildman–Crippen LogP) is 5.58. The molecule has 0 aliphatic carbocycles. The number of rotatable bonds is 3. The van der Waals surface area contributed by atoms with Gasteiger partial charge in [-0.15, -0.1) is 11.3 Å². The van der Waals surface area contributed by atoms with Crippen LogP contribution < -0.4 is 5.32 Å². The third-order valence-electron chi connectivity index (χ3n) is 4.02. The summed E-state index contributed by atoms with van der Waals surface area (Å²) in [4.78, 5) is 13.8. The van der Waals surface area contributed by atoms with E-state index >= 15 is 0 Å². The zero-order chi connectivity index (χ0) is 19.1. The van der Waals surface area contributed by atoms with Gasteiger partial charge >= 0.3 is 0 Å². The minimum absolute atomic E-state index is 0.0630. The fraction of sp³-hybridized carbons (Fsp3) is 0.0526. The summed E-state index contributed by atoms with van der Waals surface area (Å²) in [5.41, 5.74) is 1.86. The lowest BCUT2D eigenvalue weighted by Gasteiger charge is -2.04. The van der Waals surface area contributed by atoms with Crippen molar-refractivity contribution >= 4 is 44.7 Å². The molecule has 0 fully saturated rings. The number of nitrogens with zero attached hydrogens (tertiary/aromatic N) is 2. The second-order valence-electron chi connectivity index (χ2n) is 5.89. The van der Waals surface area contributed by atoms with E-state index in [4.69, 9.17) is 11.6 Å². The number of benzene rings is 2. The van der Waals surface area contributed by atoms with Crippen LogP contribution in [0.4, 0.5) is 14.5 Å². The fourth-order valence-corrected chi connectivity index (χ4v) is 3.94. The molecule has 2 aromatic heterocycles. The normalized spacial score (nSPS) is 11.1. The van der Waals surface area contributed by atoms with E-state index in [1.807, 2.05) is 6.92 Å². The van der Waals surface area contributed by atoms with Gasteiger partial charge < -0.3 is 5.32 Å². The van der Waals surface area contributed by atoms with E-state index in [9.17, 15) is 13.6 Å². The van der Waals surface area contributed by atoms with Crippen molar-refractivity contribution in [3.05, 3.63) is 75.8 Å². The van der Waals surface area contributed by atoms with Crippen molar-refractivity contribution < 1.29 is 13.6 Å². The minimum atomic E-state index is -0.549. The molecule has 1 amide bonds. The van der Waals surface area contributed by atoms with Gasteiger partial charge in [0.25, 0.3) is 5.91 Å². The van der Waals surface area contributed by atoms with Crippen LogP contribution in [0.3, 0.4) is 0 Å². The molecule has 0 saturated heterocycles. The van der Waals surface area contributed by atoms with Gasteiger partial charge in [0, 0.05) is 11.1 Å². The summed E-state index contributed by atoms with van der Waals surface area (Å²) in [6.45, 7) is 1.84. The Labute approximate surface area is 162 Å². The van der Waals surface area contributed by atoms with E-state index in [-0.39, 0.29) is 16.7 Å². The maximum absolute atomic E-state index is 13.3. The third-order valence-corrected chi connectivity index (χ3v) is 5.42. The van der Waals surface area contributed by atoms with Gasteiger partial charge in [-0.2, -0.15) is 5.10 Å². The summed E-state index contributed by atoms with van der Waals surface area (Å²) in [6, 6.07) is 11.7. The van der Waals surface area contributed by atoms with Crippen molar-refractivity contribution in [3.8, 4) is 5.69 Å². The molecule has 0 bridgehead atoms. The molecule has 0 aliphatic heterocycles. The van der Waals surface area contributed by atoms with Crippen LogP contribution in [-0.2, 0) is 0 Å². The Morgan fingerprint density at radius 1 is 1.15 bits per heavy atom. The van der Waals surface area contributed by atoms with Crippen LogP contribution in [0.15, 0.2) is 48.5 Å². The van der Waals surface area contributed by atoms with E-state index in [0.29, 0.717) is 16.3 Å². The molecule has 2 heterocycles. The molecule has 0 unspecified atom stereocenters. The third kappa shape index (κ3) is 3.31. The summed E-state index contributed by atoms with van der Waals surface area (Å²) in [5.74, 6) is -1.21. The summed E-state index contributed by atoms with van der Waals surface area (Å²) >= 11 is 7.01. The number of hydrogen-bond acceptors (Lipinski definition) is 3. The molecule has 2 aromatic carbocycles. The highest BCUT2D eigenvalue weighted by molar-refractivity contribution is 7.20. The van der Waals surface area contributed by atoms with Crippen molar-refractivity contribution in [2.24, 2.45) is 0 Å². The molecule has 8 heteroatoms. The summed E-state index contributed by atoms with van der Waals surface area (Å²) in [6.07, 6.45) is 0. The Balaban J connectivity index is 1.68. The van der Waals surface area contributed by atoms with Gasteiger partial charge in [-0.25, -0.2) is 13.5 Å². The van der Waals surface area contributed by atoms with Crippen LogP contribution >= 0.6 is 22.9 Å². The lowest BCUT2D eigenvalue weighted by molar-refractivity contribution is 0.103. The van der Waals surface area contributed by atoms with E-state index in [0.717, 1.165) is 15.9 Å². The highest BCUT2D eigenvalue weighted by atomic mass is 35.5. The monoisotopic (exact) mass is 403 g/mol. The first-order valence-electron chi connectivity index (χ1n) is 7.94. The average Bonchev–Trinajstić information content (AvgIpc) is 3.20. The molecule has 4 aromatic rings. The Morgan fingerprint density at radius 3 is 2.59 bits per heavy atom. The maximum atomic E-state index is 13.3. The first-order chi connectivity index (χ1) is 12.9.